The fraction of sp³-hybridized carbons (Fsp3) is 0.538. The van der Waals surface area contributed by atoms with E-state index in [2.05, 4.69) is 18.7 Å². The highest BCUT2D eigenvalue weighted by molar-refractivity contribution is 5.69. The molecule has 0 amide bonds. The van der Waals surface area contributed by atoms with E-state index < -0.39 is 0 Å². The van der Waals surface area contributed by atoms with Crippen LogP contribution in [0.1, 0.15) is 13.8 Å². The summed E-state index contributed by atoms with van der Waals surface area (Å²) >= 11 is 0. The van der Waals surface area contributed by atoms with Crippen LogP contribution in [0.15, 0.2) is 18.2 Å². The maximum atomic E-state index is 6.04. The van der Waals surface area contributed by atoms with Gasteiger partial charge in [-0.3, -0.25) is 0 Å². The predicted octanol–water partition coefficient (Wildman–Crippen LogP) is 2.14. The van der Waals surface area contributed by atoms with Crippen LogP contribution in [0.2, 0.25) is 0 Å². The Morgan fingerprint density at radius 2 is 2.06 bits per heavy atom. The standard InChI is InChI=1S/C13H22N2O2/c1-5-15(10(2)9-16-3)13-7-6-11(17-4)8-12(13)14/h6-8,10H,5,9,14H2,1-4H3. The molecule has 96 valence electrons. The number of ether oxygens (including phenoxy) is 2. The van der Waals surface area contributed by atoms with Crippen molar-refractivity contribution in [2.45, 2.75) is 19.9 Å². The molecular weight excluding hydrogens is 216 g/mol. The van der Waals surface area contributed by atoms with Crippen LogP contribution in [0.25, 0.3) is 0 Å². The van der Waals surface area contributed by atoms with Crippen LogP contribution in [0.5, 0.6) is 5.75 Å². The highest BCUT2D eigenvalue weighted by Gasteiger charge is 2.15. The summed E-state index contributed by atoms with van der Waals surface area (Å²) in [6.07, 6.45) is 0. The van der Waals surface area contributed by atoms with E-state index in [0.29, 0.717) is 12.6 Å². The molecule has 0 saturated carbocycles. The molecule has 0 aliphatic carbocycles. The average molecular weight is 238 g/mol. The molecule has 0 aliphatic rings. The third-order valence-electron chi connectivity index (χ3n) is 2.82. The first-order valence-electron chi connectivity index (χ1n) is 5.83. The van der Waals surface area contributed by atoms with Gasteiger partial charge in [-0.2, -0.15) is 0 Å². The van der Waals surface area contributed by atoms with E-state index in [-0.39, 0.29) is 0 Å². The molecule has 1 unspecified atom stereocenters. The van der Waals surface area contributed by atoms with E-state index in [1.165, 1.54) is 0 Å². The zero-order valence-corrected chi connectivity index (χ0v) is 11.1. The van der Waals surface area contributed by atoms with Gasteiger partial charge in [0.1, 0.15) is 5.75 Å². The lowest BCUT2D eigenvalue weighted by Gasteiger charge is -2.30. The van der Waals surface area contributed by atoms with Crippen molar-refractivity contribution in [2.75, 3.05) is 38.0 Å². The quantitative estimate of drug-likeness (QED) is 0.771. The van der Waals surface area contributed by atoms with Crippen LogP contribution in [0.4, 0.5) is 11.4 Å². The summed E-state index contributed by atoms with van der Waals surface area (Å²) < 4.78 is 10.3. The highest BCUT2D eigenvalue weighted by Crippen LogP contribution is 2.28. The van der Waals surface area contributed by atoms with Gasteiger partial charge in [0.25, 0.3) is 0 Å². The molecule has 1 aromatic carbocycles. The van der Waals surface area contributed by atoms with Crippen molar-refractivity contribution in [2.24, 2.45) is 0 Å². The number of hydrogen-bond donors (Lipinski definition) is 1. The Morgan fingerprint density at radius 3 is 2.53 bits per heavy atom. The lowest BCUT2D eigenvalue weighted by Crippen LogP contribution is -2.36. The number of hydrogen-bond acceptors (Lipinski definition) is 4. The lowest BCUT2D eigenvalue weighted by atomic mass is 10.2. The van der Waals surface area contributed by atoms with Gasteiger partial charge < -0.3 is 20.1 Å². The third kappa shape index (κ3) is 3.27. The number of anilines is 2. The van der Waals surface area contributed by atoms with Crippen molar-refractivity contribution in [3.8, 4) is 5.75 Å². The third-order valence-corrected chi connectivity index (χ3v) is 2.82. The molecule has 0 radical (unpaired) electrons. The van der Waals surface area contributed by atoms with Crippen LogP contribution in [-0.4, -0.2) is 33.4 Å². The molecule has 0 heterocycles. The molecule has 2 N–H and O–H groups in total. The Labute approximate surface area is 103 Å². The van der Waals surface area contributed by atoms with E-state index in [1.807, 2.05) is 18.2 Å². The minimum absolute atomic E-state index is 0.292. The van der Waals surface area contributed by atoms with Crippen molar-refractivity contribution in [1.29, 1.82) is 0 Å². The van der Waals surface area contributed by atoms with Crippen molar-refractivity contribution >= 4 is 11.4 Å². The number of rotatable bonds is 6. The van der Waals surface area contributed by atoms with E-state index >= 15 is 0 Å². The van der Waals surface area contributed by atoms with Gasteiger partial charge in [-0.05, 0) is 26.0 Å². The number of nitrogens with two attached hydrogens (primary N) is 1. The van der Waals surface area contributed by atoms with Crippen molar-refractivity contribution in [1.82, 2.24) is 0 Å². The summed E-state index contributed by atoms with van der Waals surface area (Å²) in [4.78, 5) is 2.22. The van der Waals surface area contributed by atoms with Crippen molar-refractivity contribution < 1.29 is 9.47 Å². The zero-order chi connectivity index (χ0) is 12.8. The maximum absolute atomic E-state index is 6.04. The summed E-state index contributed by atoms with van der Waals surface area (Å²) in [5, 5.41) is 0. The van der Waals surface area contributed by atoms with E-state index in [0.717, 1.165) is 23.7 Å². The maximum Gasteiger partial charge on any atom is 0.121 e. The Morgan fingerprint density at radius 1 is 1.35 bits per heavy atom. The Balaban J connectivity index is 2.95. The Kier molecular flexibility index (Phi) is 5.10. The molecule has 4 heteroatoms. The molecular formula is C13H22N2O2. The minimum atomic E-state index is 0.292. The molecule has 17 heavy (non-hydrogen) atoms. The largest absolute Gasteiger partial charge is 0.497 e. The van der Waals surface area contributed by atoms with Gasteiger partial charge in [-0.15, -0.1) is 0 Å². The van der Waals surface area contributed by atoms with Gasteiger partial charge in [0.2, 0.25) is 0 Å². The molecule has 1 rings (SSSR count). The SMILES string of the molecule is CCN(c1ccc(OC)cc1N)C(C)COC. The fourth-order valence-electron chi connectivity index (χ4n) is 1.97. The molecule has 0 spiro atoms. The lowest BCUT2D eigenvalue weighted by molar-refractivity contribution is 0.182. The highest BCUT2D eigenvalue weighted by atomic mass is 16.5. The topological polar surface area (TPSA) is 47.7 Å². The Bertz CT molecular complexity index is 355. The second kappa shape index (κ2) is 6.35. The zero-order valence-electron chi connectivity index (χ0n) is 11.1. The number of methoxy groups -OCH3 is 2. The normalized spacial score (nSPS) is 12.2. The second-order valence-corrected chi connectivity index (χ2v) is 4.02. The van der Waals surface area contributed by atoms with Crippen molar-refractivity contribution in [3.63, 3.8) is 0 Å². The summed E-state index contributed by atoms with van der Waals surface area (Å²) in [5.74, 6) is 0.779. The number of nitrogen functional groups attached to an aromatic ring is 1. The first kappa shape index (κ1) is 13.6. The van der Waals surface area contributed by atoms with Crippen LogP contribution in [0.3, 0.4) is 0 Å². The monoisotopic (exact) mass is 238 g/mol. The molecule has 1 atom stereocenters. The molecule has 0 fully saturated rings. The van der Waals surface area contributed by atoms with Gasteiger partial charge in [-0.1, -0.05) is 0 Å². The second-order valence-electron chi connectivity index (χ2n) is 4.02. The van der Waals surface area contributed by atoms with Crippen LogP contribution >= 0.6 is 0 Å². The van der Waals surface area contributed by atoms with Crippen LogP contribution in [-0.2, 0) is 4.74 Å². The average Bonchev–Trinajstić information content (AvgIpc) is 2.32. The first-order valence-corrected chi connectivity index (χ1v) is 5.83. The number of likely N-dealkylation sites (N-methyl/N-ethyl adjacent to an activating group) is 1. The minimum Gasteiger partial charge on any atom is -0.497 e. The molecule has 0 aliphatic heterocycles. The van der Waals surface area contributed by atoms with Crippen LogP contribution in [0, 0.1) is 0 Å². The fourth-order valence-corrected chi connectivity index (χ4v) is 1.97. The van der Waals surface area contributed by atoms with E-state index in [1.54, 1.807) is 14.2 Å². The smallest absolute Gasteiger partial charge is 0.121 e. The summed E-state index contributed by atoms with van der Waals surface area (Å²) in [6.45, 7) is 5.80. The Hall–Kier alpha value is -1.42. The van der Waals surface area contributed by atoms with Gasteiger partial charge >= 0.3 is 0 Å². The summed E-state index contributed by atoms with van der Waals surface area (Å²) in [7, 11) is 3.35. The molecule has 0 bridgehead atoms. The number of benzene rings is 1. The van der Waals surface area contributed by atoms with Gasteiger partial charge in [0.15, 0.2) is 0 Å². The molecule has 0 saturated heterocycles. The molecule has 1 aromatic rings. The molecule has 4 nitrogen and oxygen atoms in total. The summed E-state index contributed by atoms with van der Waals surface area (Å²) in [5.41, 5.74) is 7.80. The van der Waals surface area contributed by atoms with Gasteiger partial charge in [0, 0.05) is 25.8 Å². The molecule has 0 aromatic heterocycles. The predicted molar refractivity (Wildman–Crippen MR) is 71.8 cm³/mol. The van der Waals surface area contributed by atoms with Gasteiger partial charge in [0.05, 0.1) is 25.1 Å². The van der Waals surface area contributed by atoms with E-state index in [9.17, 15) is 0 Å². The van der Waals surface area contributed by atoms with Crippen molar-refractivity contribution in [3.05, 3.63) is 18.2 Å². The first-order chi connectivity index (χ1) is 8.13. The van der Waals surface area contributed by atoms with Crippen LogP contribution < -0.4 is 15.4 Å². The van der Waals surface area contributed by atoms with E-state index in [4.69, 9.17) is 15.2 Å². The number of nitrogens with zero attached hydrogens (tertiary/aromatic N) is 1. The summed E-state index contributed by atoms with van der Waals surface area (Å²) in [6, 6.07) is 6.05. The van der Waals surface area contributed by atoms with Gasteiger partial charge in [-0.25, -0.2) is 0 Å².